The van der Waals surface area contributed by atoms with E-state index in [4.69, 9.17) is 10.6 Å². The maximum absolute atomic E-state index is 5.91. The molecule has 0 aromatic heterocycles. The van der Waals surface area contributed by atoms with Crippen LogP contribution in [0.4, 0.5) is 0 Å². The Kier molecular flexibility index (Phi) is 11.2. The molecule has 0 aliphatic carbocycles. The van der Waals surface area contributed by atoms with Crippen molar-refractivity contribution in [3.63, 3.8) is 0 Å². The van der Waals surface area contributed by atoms with Gasteiger partial charge in [0.1, 0.15) is 0 Å². The lowest BCUT2D eigenvalue weighted by Crippen LogP contribution is -2.43. The average molecular weight is 299 g/mol. The third-order valence-electron chi connectivity index (χ3n) is 4.80. The molecule has 0 radical (unpaired) electrons. The molecule has 126 valence electrons. The van der Waals surface area contributed by atoms with E-state index in [-0.39, 0.29) is 0 Å². The normalized spacial score (nSPS) is 23.6. The molecular formula is C18H38N2O. The van der Waals surface area contributed by atoms with Crippen molar-refractivity contribution in [1.29, 1.82) is 0 Å². The van der Waals surface area contributed by atoms with Crippen LogP contribution in [0.5, 0.6) is 0 Å². The Labute approximate surface area is 132 Å². The van der Waals surface area contributed by atoms with E-state index >= 15 is 0 Å². The van der Waals surface area contributed by atoms with Gasteiger partial charge in [-0.05, 0) is 26.2 Å². The molecule has 1 aliphatic rings. The number of nitrogens with one attached hydrogen (secondary N) is 1. The Balaban J connectivity index is 1.90. The van der Waals surface area contributed by atoms with Gasteiger partial charge in [0.05, 0.1) is 12.2 Å². The van der Waals surface area contributed by atoms with Gasteiger partial charge in [-0.3, -0.25) is 11.3 Å². The van der Waals surface area contributed by atoms with E-state index in [1.54, 1.807) is 0 Å². The van der Waals surface area contributed by atoms with Gasteiger partial charge in [-0.2, -0.15) is 0 Å². The molecule has 0 saturated carbocycles. The van der Waals surface area contributed by atoms with Crippen molar-refractivity contribution in [2.45, 2.75) is 116 Å². The summed E-state index contributed by atoms with van der Waals surface area (Å²) >= 11 is 0. The molecule has 0 spiro atoms. The fraction of sp³-hybridized carbons (Fsp3) is 1.00. The van der Waals surface area contributed by atoms with Gasteiger partial charge in [-0.1, -0.05) is 71.1 Å². The Hall–Kier alpha value is -0.120. The minimum atomic E-state index is 0.337. The zero-order chi connectivity index (χ0) is 15.3. The molecule has 3 nitrogen and oxygen atoms in total. The second-order valence-electron chi connectivity index (χ2n) is 6.81. The summed E-state index contributed by atoms with van der Waals surface area (Å²) in [5.41, 5.74) is 2.97. The average Bonchev–Trinajstić information content (AvgIpc) is 2.91. The van der Waals surface area contributed by atoms with E-state index in [0.29, 0.717) is 18.2 Å². The van der Waals surface area contributed by atoms with Crippen LogP contribution in [0, 0.1) is 0 Å². The smallest absolute Gasteiger partial charge is 0.0746 e. The van der Waals surface area contributed by atoms with E-state index in [1.807, 2.05) is 0 Å². The molecule has 0 aromatic carbocycles. The summed E-state index contributed by atoms with van der Waals surface area (Å²) in [5, 5.41) is 0. The van der Waals surface area contributed by atoms with Crippen LogP contribution in [-0.4, -0.2) is 18.2 Å². The second-order valence-corrected chi connectivity index (χ2v) is 6.81. The minimum absolute atomic E-state index is 0.337. The molecule has 1 fully saturated rings. The zero-order valence-corrected chi connectivity index (χ0v) is 14.4. The first-order chi connectivity index (χ1) is 10.3. The molecule has 3 atom stereocenters. The number of rotatable bonds is 13. The van der Waals surface area contributed by atoms with Crippen molar-refractivity contribution in [2.75, 3.05) is 0 Å². The van der Waals surface area contributed by atoms with Crippen LogP contribution in [0.15, 0.2) is 0 Å². The lowest BCUT2D eigenvalue weighted by Gasteiger charge is -2.22. The molecule has 0 amide bonds. The van der Waals surface area contributed by atoms with Crippen LogP contribution < -0.4 is 11.3 Å². The van der Waals surface area contributed by atoms with Crippen molar-refractivity contribution in [2.24, 2.45) is 5.84 Å². The van der Waals surface area contributed by atoms with Crippen molar-refractivity contribution < 1.29 is 4.74 Å². The van der Waals surface area contributed by atoms with Gasteiger partial charge < -0.3 is 4.74 Å². The first kappa shape index (κ1) is 18.9. The zero-order valence-electron chi connectivity index (χ0n) is 14.4. The van der Waals surface area contributed by atoms with Crippen molar-refractivity contribution in [3.8, 4) is 0 Å². The quantitative estimate of drug-likeness (QED) is 0.294. The van der Waals surface area contributed by atoms with Crippen LogP contribution in [0.1, 0.15) is 97.3 Å². The molecule has 3 unspecified atom stereocenters. The molecular weight excluding hydrogens is 260 g/mol. The van der Waals surface area contributed by atoms with Crippen molar-refractivity contribution >= 4 is 0 Å². The Morgan fingerprint density at radius 1 is 0.952 bits per heavy atom. The van der Waals surface area contributed by atoms with E-state index in [2.05, 4.69) is 19.3 Å². The van der Waals surface area contributed by atoms with Crippen LogP contribution in [0.25, 0.3) is 0 Å². The first-order valence-corrected chi connectivity index (χ1v) is 9.39. The minimum Gasteiger partial charge on any atom is -0.374 e. The van der Waals surface area contributed by atoms with Crippen LogP contribution >= 0.6 is 0 Å². The molecule has 1 heterocycles. The maximum Gasteiger partial charge on any atom is 0.0746 e. The highest BCUT2D eigenvalue weighted by Gasteiger charge is 2.28. The van der Waals surface area contributed by atoms with Gasteiger partial charge in [0.25, 0.3) is 0 Å². The predicted octanol–water partition coefficient (Wildman–Crippen LogP) is 4.70. The Bertz CT molecular complexity index is 235. The fourth-order valence-corrected chi connectivity index (χ4v) is 3.36. The van der Waals surface area contributed by atoms with Gasteiger partial charge in [-0.25, -0.2) is 0 Å². The van der Waals surface area contributed by atoms with Gasteiger partial charge >= 0.3 is 0 Å². The van der Waals surface area contributed by atoms with Crippen molar-refractivity contribution in [3.05, 3.63) is 0 Å². The molecule has 1 aliphatic heterocycles. The summed E-state index contributed by atoms with van der Waals surface area (Å²) in [7, 11) is 0. The number of hydrogen-bond donors (Lipinski definition) is 2. The number of nitrogens with two attached hydrogens (primary N) is 1. The summed E-state index contributed by atoms with van der Waals surface area (Å²) in [6.07, 6.45) is 18.1. The topological polar surface area (TPSA) is 47.3 Å². The number of ether oxygens (including phenoxy) is 1. The molecule has 3 N–H and O–H groups in total. The summed E-state index contributed by atoms with van der Waals surface area (Å²) in [4.78, 5) is 0. The molecule has 3 heteroatoms. The highest BCUT2D eigenvalue weighted by Crippen LogP contribution is 2.24. The fourth-order valence-electron chi connectivity index (χ4n) is 3.36. The summed E-state index contributed by atoms with van der Waals surface area (Å²) in [6.45, 7) is 4.44. The summed E-state index contributed by atoms with van der Waals surface area (Å²) < 4.78 is 5.91. The Morgan fingerprint density at radius 2 is 1.52 bits per heavy atom. The third kappa shape index (κ3) is 8.80. The SMILES string of the molecule is CCCCCCCCCCCCC(NN)C1CCC(C)O1. The van der Waals surface area contributed by atoms with Crippen LogP contribution in [0.3, 0.4) is 0 Å². The third-order valence-corrected chi connectivity index (χ3v) is 4.80. The molecule has 0 bridgehead atoms. The lowest BCUT2D eigenvalue weighted by atomic mass is 10.00. The van der Waals surface area contributed by atoms with E-state index < -0.39 is 0 Å². The molecule has 1 saturated heterocycles. The Morgan fingerprint density at radius 3 is 2.00 bits per heavy atom. The van der Waals surface area contributed by atoms with Crippen molar-refractivity contribution in [1.82, 2.24) is 5.43 Å². The first-order valence-electron chi connectivity index (χ1n) is 9.39. The van der Waals surface area contributed by atoms with Gasteiger partial charge in [0.15, 0.2) is 0 Å². The van der Waals surface area contributed by atoms with Gasteiger partial charge in [0, 0.05) is 6.04 Å². The predicted molar refractivity (Wildman–Crippen MR) is 91.1 cm³/mol. The molecule has 21 heavy (non-hydrogen) atoms. The van der Waals surface area contributed by atoms with E-state index in [1.165, 1.54) is 70.6 Å². The van der Waals surface area contributed by atoms with Gasteiger partial charge in [0.2, 0.25) is 0 Å². The van der Waals surface area contributed by atoms with Crippen LogP contribution in [-0.2, 0) is 4.74 Å². The number of hydrazine groups is 1. The molecule has 1 rings (SSSR count). The highest BCUT2D eigenvalue weighted by molar-refractivity contribution is 4.81. The maximum atomic E-state index is 5.91. The highest BCUT2D eigenvalue weighted by atomic mass is 16.5. The summed E-state index contributed by atoms with van der Waals surface area (Å²) in [5.74, 6) is 5.69. The van der Waals surface area contributed by atoms with Gasteiger partial charge in [-0.15, -0.1) is 0 Å². The second kappa shape index (κ2) is 12.4. The number of unbranched alkanes of at least 4 members (excludes halogenated alkanes) is 9. The number of hydrogen-bond acceptors (Lipinski definition) is 3. The largest absolute Gasteiger partial charge is 0.374 e. The summed E-state index contributed by atoms with van der Waals surface area (Å²) in [6, 6.07) is 0.351. The van der Waals surface area contributed by atoms with E-state index in [9.17, 15) is 0 Å². The standard InChI is InChI=1S/C18H38N2O/c1-3-4-5-6-7-8-9-10-11-12-13-17(20-19)18-15-14-16(2)21-18/h16-18,20H,3-15,19H2,1-2H3. The molecule has 0 aromatic rings. The monoisotopic (exact) mass is 298 g/mol. The van der Waals surface area contributed by atoms with E-state index in [0.717, 1.165) is 12.8 Å². The van der Waals surface area contributed by atoms with Crippen LogP contribution in [0.2, 0.25) is 0 Å². The lowest BCUT2D eigenvalue weighted by molar-refractivity contribution is 0.0295.